The van der Waals surface area contributed by atoms with Crippen molar-refractivity contribution in [1.29, 1.82) is 0 Å². The Labute approximate surface area is 121 Å². The summed E-state index contributed by atoms with van der Waals surface area (Å²) in [5.41, 5.74) is 2.92. The van der Waals surface area contributed by atoms with Crippen LogP contribution in [0.15, 0.2) is 47.5 Å². The molecular formula is C16H15N3O2. The minimum atomic E-state index is -0.261. The molecule has 1 aromatic heterocycles. The molecule has 1 heterocycles. The molecule has 0 unspecified atom stereocenters. The summed E-state index contributed by atoms with van der Waals surface area (Å²) in [6, 6.07) is 11.3. The Morgan fingerprint density at radius 3 is 2.90 bits per heavy atom. The first-order valence-corrected chi connectivity index (χ1v) is 6.63. The Bertz CT molecular complexity index is 856. The highest BCUT2D eigenvalue weighted by Crippen LogP contribution is 2.29. The molecule has 106 valence electrons. The van der Waals surface area contributed by atoms with E-state index in [0.717, 1.165) is 23.2 Å². The number of hydrogen-bond donors (Lipinski definition) is 3. The van der Waals surface area contributed by atoms with Crippen LogP contribution in [0.4, 0.5) is 0 Å². The smallest absolute Gasteiger partial charge is 0.258 e. The van der Waals surface area contributed by atoms with Gasteiger partial charge in [-0.05, 0) is 41.9 Å². The number of H-pyrrole nitrogens is 1. The average Bonchev–Trinajstić information content (AvgIpc) is 2.49. The average molecular weight is 281 g/mol. The minimum Gasteiger partial charge on any atom is -0.506 e. The normalized spacial score (nSPS) is 10.9. The maximum absolute atomic E-state index is 11.9. The second-order valence-corrected chi connectivity index (χ2v) is 4.85. The van der Waals surface area contributed by atoms with Crippen molar-refractivity contribution in [3.05, 3.63) is 58.6 Å². The Kier molecular flexibility index (Phi) is 3.41. The van der Waals surface area contributed by atoms with Crippen molar-refractivity contribution in [2.45, 2.75) is 6.54 Å². The fraction of sp³-hybridized carbons (Fsp3) is 0.125. The number of nitrogens with one attached hydrogen (secondary N) is 2. The number of aromatic hydroxyl groups is 1. The van der Waals surface area contributed by atoms with E-state index in [2.05, 4.69) is 15.3 Å². The first-order valence-electron chi connectivity index (χ1n) is 6.63. The molecule has 0 bridgehead atoms. The fourth-order valence-corrected chi connectivity index (χ4v) is 2.39. The lowest BCUT2D eigenvalue weighted by Crippen LogP contribution is -2.06. The summed E-state index contributed by atoms with van der Waals surface area (Å²) in [4.78, 5) is 18.4. The Balaban J connectivity index is 2.19. The van der Waals surface area contributed by atoms with Gasteiger partial charge in [-0.2, -0.15) is 0 Å². The summed E-state index contributed by atoms with van der Waals surface area (Å²) >= 11 is 0. The Morgan fingerprint density at radius 1 is 1.24 bits per heavy atom. The number of benzene rings is 2. The van der Waals surface area contributed by atoms with Gasteiger partial charge in [-0.15, -0.1) is 0 Å². The topological polar surface area (TPSA) is 78.0 Å². The fourth-order valence-electron chi connectivity index (χ4n) is 2.39. The SMILES string of the molecule is CNCc1cccc(-c2cc(O)c3nc[nH]c(=O)c3c2)c1. The molecule has 21 heavy (non-hydrogen) atoms. The summed E-state index contributed by atoms with van der Waals surface area (Å²) < 4.78 is 0. The van der Waals surface area contributed by atoms with Crippen molar-refractivity contribution in [3.63, 3.8) is 0 Å². The van der Waals surface area contributed by atoms with Crippen molar-refractivity contribution in [2.75, 3.05) is 7.05 Å². The van der Waals surface area contributed by atoms with Gasteiger partial charge in [-0.3, -0.25) is 4.79 Å². The lowest BCUT2D eigenvalue weighted by molar-refractivity contribution is 0.480. The first kappa shape index (κ1) is 13.3. The molecule has 0 spiro atoms. The zero-order valence-electron chi connectivity index (χ0n) is 11.6. The van der Waals surface area contributed by atoms with Crippen molar-refractivity contribution in [1.82, 2.24) is 15.3 Å². The molecule has 0 aliphatic heterocycles. The molecule has 0 radical (unpaired) electrons. The summed E-state index contributed by atoms with van der Waals surface area (Å²) in [7, 11) is 1.89. The third-order valence-corrected chi connectivity index (χ3v) is 3.36. The van der Waals surface area contributed by atoms with Gasteiger partial charge in [0.2, 0.25) is 0 Å². The van der Waals surface area contributed by atoms with Gasteiger partial charge in [0.05, 0.1) is 11.7 Å². The minimum absolute atomic E-state index is 0.00706. The number of aromatic nitrogens is 2. The standard InChI is InChI=1S/C16H15N3O2/c1-17-8-10-3-2-4-11(5-10)12-6-13-15(14(20)7-12)18-9-19-16(13)21/h2-7,9,17,20H,8H2,1H3,(H,18,19,21). The first-order chi connectivity index (χ1) is 10.2. The lowest BCUT2D eigenvalue weighted by Gasteiger charge is -2.07. The van der Waals surface area contributed by atoms with E-state index >= 15 is 0 Å². The molecule has 0 saturated carbocycles. The predicted molar refractivity (Wildman–Crippen MR) is 82.2 cm³/mol. The highest BCUT2D eigenvalue weighted by atomic mass is 16.3. The number of phenols is 1. The van der Waals surface area contributed by atoms with Crippen LogP contribution in [0.5, 0.6) is 5.75 Å². The van der Waals surface area contributed by atoms with Crippen LogP contribution in [0, 0.1) is 0 Å². The van der Waals surface area contributed by atoms with Crippen LogP contribution < -0.4 is 10.9 Å². The summed E-state index contributed by atoms with van der Waals surface area (Å²) in [5, 5.41) is 13.6. The van der Waals surface area contributed by atoms with Gasteiger partial charge < -0.3 is 15.4 Å². The number of nitrogens with zero attached hydrogens (tertiary/aromatic N) is 1. The van der Waals surface area contributed by atoms with Crippen LogP contribution in [-0.2, 0) is 6.54 Å². The van der Waals surface area contributed by atoms with E-state index in [1.165, 1.54) is 6.33 Å². The van der Waals surface area contributed by atoms with E-state index in [1.54, 1.807) is 12.1 Å². The Morgan fingerprint density at radius 2 is 2.10 bits per heavy atom. The van der Waals surface area contributed by atoms with Gasteiger partial charge in [0.15, 0.2) is 0 Å². The maximum atomic E-state index is 11.9. The van der Waals surface area contributed by atoms with Crippen molar-refractivity contribution < 1.29 is 5.11 Å². The molecular weight excluding hydrogens is 266 g/mol. The molecule has 0 amide bonds. The molecule has 5 nitrogen and oxygen atoms in total. The van der Waals surface area contributed by atoms with E-state index < -0.39 is 0 Å². The van der Waals surface area contributed by atoms with Crippen LogP contribution in [0.2, 0.25) is 0 Å². The number of fused-ring (bicyclic) bond motifs is 1. The molecule has 3 rings (SSSR count). The van der Waals surface area contributed by atoms with Crippen molar-refractivity contribution >= 4 is 10.9 Å². The second-order valence-electron chi connectivity index (χ2n) is 4.85. The van der Waals surface area contributed by atoms with E-state index in [9.17, 15) is 9.90 Å². The van der Waals surface area contributed by atoms with E-state index in [1.807, 2.05) is 31.3 Å². The molecule has 0 aliphatic carbocycles. The summed E-state index contributed by atoms with van der Waals surface area (Å²) in [5.74, 6) is 0.00706. The highest BCUT2D eigenvalue weighted by molar-refractivity contribution is 5.88. The largest absolute Gasteiger partial charge is 0.506 e. The third kappa shape index (κ3) is 2.51. The van der Waals surface area contributed by atoms with Gasteiger partial charge in [-0.25, -0.2) is 4.98 Å². The summed E-state index contributed by atoms with van der Waals surface area (Å²) in [6.45, 7) is 0.759. The monoisotopic (exact) mass is 281 g/mol. The quantitative estimate of drug-likeness (QED) is 0.686. The zero-order valence-corrected chi connectivity index (χ0v) is 11.6. The number of phenolic OH excluding ortho intramolecular Hbond substituents is 1. The van der Waals surface area contributed by atoms with Gasteiger partial charge in [0, 0.05) is 6.54 Å². The van der Waals surface area contributed by atoms with Gasteiger partial charge in [0.25, 0.3) is 5.56 Å². The molecule has 0 atom stereocenters. The second kappa shape index (κ2) is 5.38. The molecule has 0 saturated heterocycles. The molecule has 3 aromatic rings. The summed E-state index contributed by atoms with van der Waals surface area (Å²) in [6.07, 6.45) is 1.29. The van der Waals surface area contributed by atoms with Gasteiger partial charge in [0.1, 0.15) is 11.3 Å². The van der Waals surface area contributed by atoms with Crippen molar-refractivity contribution in [3.8, 4) is 16.9 Å². The zero-order chi connectivity index (χ0) is 14.8. The van der Waals surface area contributed by atoms with Crippen LogP contribution in [0.25, 0.3) is 22.0 Å². The van der Waals surface area contributed by atoms with Crippen LogP contribution in [0.3, 0.4) is 0 Å². The van der Waals surface area contributed by atoms with E-state index in [4.69, 9.17) is 0 Å². The van der Waals surface area contributed by atoms with Gasteiger partial charge >= 0.3 is 0 Å². The highest BCUT2D eigenvalue weighted by Gasteiger charge is 2.09. The molecule has 2 aromatic carbocycles. The molecule has 0 fully saturated rings. The number of hydrogen-bond acceptors (Lipinski definition) is 4. The Hall–Kier alpha value is -2.66. The van der Waals surface area contributed by atoms with Crippen LogP contribution >= 0.6 is 0 Å². The van der Waals surface area contributed by atoms with Crippen LogP contribution in [0.1, 0.15) is 5.56 Å². The predicted octanol–water partition coefficient (Wildman–Crippen LogP) is 2.02. The van der Waals surface area contributed by atoms with E-state index in [0.29, 0.717) is 10.9 Å². The maximum Gasteiger partial charge on any atom is 0.258 e. The van der Waals surface area contributed by atoms with Gasteiger partial charge in [-0.1, -0.05) is 18.2 Å². The number of aromatic amines is 1. The molecule has 5 heteroatoms. The van der Waals surface area contributed by atoms with E-state index in [-0.39, 0.29) is 11.3 Å². The van der Waals surface area contributed by atoms with Crippen molar-refractivity contribution in [2.24, 2.45) is 0 Å². The molecule has 0 aliphatic rings. The van der Waals surface area contributed by atoms with Crippen LogP contribution in [-0.4, -0.2) is 22.1 Å². The number of rotatable bonds is 3. The lowest BCUT2D eigenvalue weighted by atomic mass is 10.0. The third-order valence-electron chi connectivity index (χ3n) is 3.36. The molecule has 3 N–H and O–H groups in total.